The van der Waals surface area contributed by atoms with Crippen molar-refractivity contribution in [3.63, 3.8) is 0 Å². The van der Waals surface area contributed by atoms with E-state index in [-0.39, 0.29) is 0 Å². The van der Waals surface area contributed by atoms with E-state index >= 15 is 0 Å². The fourth-order valence-corrected chi connectivity index (χ4v) is 1.32. The number of hydrogen-bond donors (Lipinski definition) is 0. The van der Waals surface area contributed by atoms with Gasteiger partial charge in [0.1, 0.15) is 0 Å². The van der Waals surface area contributed by atoms with Crippen LogP contribution in [0.2, 0.25) is 0 Å². The lowest BCUT2D eigenvalue weighted by molar-refractivity contribution is 1.26. The normalized spacial score (nSPS) is 20.4. The Kier molecular flexibility index (Phi) is 1.60. The zero-order valence-electron chi connectivity index (χ0n) is 6.33. The van der Waals surface area contributed by atoms with Crippen LogP contribution in [0.1, 0.15) is 6.42 Å². The van der Waals surface area contributed by atoms with Crippen LogP contribution in [0.3, 0.4) is 0 Å². The monoisotopic (exact) mass is 142 g/mol. The predicted octanol–water partition coefficient (Wildman–Crippen LogP) is 2.93. The molecule has 2 aliphatic carbocycles. The molecule has 2 rings (SSSR count). The molecule has 0 bridgehead atoms. The second-order valence-corrected chi connectivity index (χ2v) is 2.69. The summed E-state index contributed by atoms with van der Waals surface area (Å²) < 4.78 is 0. The molecule has 0 spiro atoms. The van der Waals surface area contributed by atoms with E-state index < -0.39 is 0 Å². The highest BCUT2D eigenvalue weighted by atomic mass is 14.1. The molecular formula is C11H10. The number of rotatable bonds is 0. The van der Waals surface area contributed by atoms with E-state index in [9.17, 15) is 0 Å². The highest BCUT2D eigenvalue weighted by Crippen LogP contribution is 2.22. The minimum Gasteiger partial charge on any atom is -0.0801 e. The first-order chi connectivity index (χ1) is 5.47. The van der Waals surface area contributed by atoms with E-state index in [1.54, 1.807) is 0 Å². The highest BCUT2D eigenvalue weighted by molar-refractivity contribution is 5.51. The third-order valence-electron chi connectivity index (χ3n) is 1.92. The van der Waals surface area contributed by atoms with E-state index in [0.717, 1.165) is 6.42 Å². The number of allylic oxidation sites excluding steroid dienone is 10. The number of fused-ring (bicyclic) bond motifs is 1. The molecule has 0 N–H and O–H groups in total. The van der Waals surface area contributed by atoms with Crippen LogP contribution in [0.15, 0.2) is 59.8 Å². The fraction of sp³-hybridized carbons (Fsp3) is 0.0909. The highest BCUT2D eigenvalue weighted by Gasteiger charge is 2.03. The fourth-order valence-electron chi connectivity index (χ4n) is 1.32. The van der Waals surface area contributed by atoms with Gasteiger partial charge in [-0.15, -0.1) is 0 Å². The molecule has 0 saturated carbocycles. The predicted molar refractivity (Wildman–Crippen MR) is 48.2 cm³/mol. The molecule has 0 fully saturated rings. The van der Waals surface area contributed by atoms with E-state index in [2.05, 4.69) is 48.6 Å². The SMILES string of the molecule is C1=CC=C2C=CC=C2CC=C1. The smallest absolute Gasteiger partial charge is 0.00884 e. The molecule has 2 aliphatic rings. The van der Waals surface area contributed by atoms with Gasteiger partial charge in [0.15, 0.2) is 0 Å². The second kappa shape index (κ2) is 2.75. The summed E-state index contributed by atoms with van der Waals surface area (Å²) in [6.45, 7) is 0. The Morgan fingerprint density at radius 3 is 2.91 bits per heavy atom. The van der Waals surface area contributed by atoms with Gasteiger partial charge in [0, 0.05) is 0 Å². The summed E-state index contributed by atoms with van der Waals surface area (Å²) in [5, 5.41) is 0. The molecule has 0 aromatic heterocycles. The molecule has 0 aromatic rings. The molecule has 0 unspecified atom stereocenters. The first-order valence-corrected chi connectivity index (χ1v) is 3.88. The van der Waals surface area contributed by atoms with Crippen LogP contribution >= 0.6 is 0 Å². The average molecular weight is 142 g/mol. The average Bonchev–Trinajstić information content (AvgIpc) is 2.35. The van der Waals surface area contributed by atoms with Crippen LogP contribution in [0.4, 0.5) is 0 Å². The van der Waals surface area contributed by atoms with Crippen LogP contribution in [-0.4, -0.2) is 0 Å². The standard InChI is InChI=1S/C11H10/c1-2-4-7-11-9-5-8-10(11)6-3-1/h1-6,8-9H,7H2. The van der Waals surface area contributed by atoms with E-state index in [4.69, 9.17) is 0 Å². The Labute approximate surface area is 66.9 Å². The van der Waals surface area contributed by atoms with Crippen molar-refractivity contribution >= 4 is 0 Å². The summed E-state index contributed by atoms with van der Waals surface area (Å²) >= 11 is 0. The molecule has 54 valence electrons. The minimum absolute atomic E-state index is 1.06. The maximum atomic E-state index is 2.18. The lowest BCUT2D eigenvalue weighted by Gasteiger charge is -2.00. The molecule has 11 heavy (non-hydrogen) atoms. The molecule has 0 heteroatoms. The first kappa shape index (κ1) is 6.41. The van der Waals surface area contributed by atoms with Gasteiger partial charge in [0.05, 0.1) is 0 Å². The summed E-state index contributed by atoms with van der Waals surface area (Å²) in [4.78, 5) is 0. The zero-order chi connectivity index (χ0) is 7.52. The third kappa shape index (κ3) is 1.25. The van der Waals surface area contributed by atoms with E-state index in [1.807, 2.05) is 0 Å². The van der Waals surface area contributed by atoms with Gasteiger partial charge < -0.3 is 0 Å². The largest absolute Gasteiger partial charge is 0.0801 e. The molecule has 0 nitrogen and oxygen atoms in total. The summed E-state index contributed by atoms with van der Waals surface area (Å²) in [7, 11) is 0. The third-order valence-corrected chi connectivity index (χ3v) is 1.92. The van der Waals surface area contributed by atoms with Crippen molar-refractivity contribution in [2.75, 3.05) is 0 Å². The second-order valence-electron chi connectivity index (χ2n) is 2.69. The Bertz CT molecular complexity index is 296. The van der Waals surface area contributed by atoms with Crippen LogP contribution < -0.4 is 0 Å². The van der Waals surface area contributed by atoms with Crippen molar-refractivity contribution in [2.45, 2.75) is 6.42 Å². The Balaban J connectivity index is 2.38. The quantitative estimate of drug-likeness (QED) is 0.488. The van der Waals surface area contributed by atoms with Gasteiger partial charge in [-0.25, -0.2) is 0 Å². The van der Waals surface area contributed by atoms with Crippen molar-refractivity contribution in [2.24, 2.45) is 0 Å². The molecule has 0 aromatic carbocycles. The van der Waals surface area contributed by atoms with Gasteiger partial charge in [-0.1, -0.05) is 48.6 Å². The molecule has 0 amide bonds. The van der Waals surface area contributed by atoms with Crippen LogP contribution in [0.25, 0.3) is 0 Å². The first-order valence-electron chi connectivity index (χ1n) is 3.88. The topological polar surface area (TPSA) is 0 Å². The van der Waals surface area contributed by atoms with Crippen molar-refractivity contribution in [1.82, 2.24) is 0 Å². The summed E-state index contributed by atoms with van der Waals surface area (Å²) in [5.41, 5.74) is 2.77. The van der Waals surface area contributed by atoms with Gasteiger partial charge in [-0.3, -0.25) is 0 Å². The molecule has 0 aliphatic heterocycles. The minimum atomic E-state index is 1.06. The molecular weight excluding hydrogens is 132 g/mol. The summed E-state index contributed by atoms with van der Waals surface area (Å²) in [6, 6.07) is 0. The Hall–Kier alpha value is -1.30. The van der Waals surface area contributed by atoms with Crippen molar-refractivity contribution in [3.05, 3.63) is 59.8 Å². The summed E-state index contributed by atoms with van der Waals surface area (Å²) in [6.07, 6.45) is 18.1. The maximum Gasteiger partial charge on any atom is -0.00884 e. The van der Waals surface area contributed by atoms with Crippen LogP contribution in [0.5, 0.6) is 0 Å². The van der Waals surface area contributed by atoms with Crippen molar-refractivity contribution < 1.29 is 0 Å². The molecule has 0 radical (unpaired) electrons. The lowest BCUT2D eigenvalue weighted by atomic mass is 10.0. The lowest BCUT2D eigenvalue weighted by Crippen LogP contribution is -1.81. The van der Waals surface area contributed by atoms with Gasteiger partial charge in [0.25, 0.3) is 0 Å². The van der Waals surface area contributed by atoms with Crippen LogP contribution in [-0.2, 0) is 0 Å². The zero-order valence-corrected chi connectivity index (χ0v) is 6.33. The van der Waals surface area contributed by atoms with Crippen molar-refractivity contribution in [1.29, 1.82) is 0 Å². The number of hydrogen-bond acceptors (Lipinski definition) is 0. The Morgan fingerprint density at radius 2 is 1.91 bits per heavy atom. The van der Waals surface area contributed by atoms with Gasteiger partial charge in [0.2, 0.25) is 0 Å². The van der Waals surface area contributed by atoms with Gasteiger partial charge in [-0.05, 0) is 17.6 Å². The van der Waals surface area contributed by atoms with Crippen molar-refractivity contribution in [3.8, 4) is 0 Å². The van der Waals surface area contributed by atoms with Gasteiger partial charge in [-0.2, -0.15) is 0 Å². The molecule has 0 heterocycles. The van der Waals surface area contributed by atoms with E-state index in [0.29, 0.717) is 0 Å². The summed E-state index contributed by atoms with van der Waals surface area (Å²) in [5.74, 6) is 0. The maximum absolute atomic E-state index is 2.18. The van der Waals surface area contributed by atoms with Gasteiger partial charge >= 0.3 is 0 Å². The van der Waals surface area contributed by atoms with Crippen LogP contribution in [0, 0.1) is 0 Å². The van der Waals surface area contributed by atoms with E-state index in [1.165, 1.54) is 11.1 Å². The Morgan fingerprint density at radius 1 is 0.909 bits per heavy atom. The molecule has 0 saturated heterocycles. The molecule has 0 atom stereocenters.